The number of allylic oxidation sites excluding steroid dienone is 1. The molecule has 3 aliphatic carbocycles. The van der Waals surface area contributed by atoms with E-state index >= 15 is 0 Å². The largest absolute Gasteiger partial charge is 0.310 e. The molecule has 0 saturated carbocycles. The molecular formula is C47H31N3. The first-order valence-corrected chi connectivity index (χ1v) is 17.5. The van der Waals surface area contributed by atoms with Gasteiger partial charge in [0.25, 0.3) is 0 Å². The van der Waals surface area contributed by atoms with E-state index in [2.05, 4.69) is 156 Å². The van der Waals surface area contributed by atoms with E-state index in [1.54, 1.807) is 0 Å². The van der Waals surface area contributed by atoms with Crippen molar-refractivity contribution in [3.8, 4) is 50.5 Å². The fourth-order valence-electron chi connectivity index (χ4n) is 9.04. The number of nitrogens with zero attached hydrogens (tertiary/aromatic N) is 3. The van der Waals surface area contributed by atoms with Gasteiger partial charge < -0.3 is 4.57 Å². The molecule has 11 rings (SSSR count). The summed E-state index contributed by atoms with van der Waals surface area (Å²) in [7, 11) is 0. The molecule has 3 aliphatic rings. The summed E-state index contributed by atoms with van der Waals surface area (Å²) in [5.41, 5.74) is 17.8. The van der Waals surface area contributed by atoms with Crippen LogP contribution in [0, 0.1) is 0 Å². The van der Waals surface area contributed by atoms with E-state index in [9.17, 15) is 0 Å². The van der Waals surface area contributed by atoms with Crippen LogP contribution < -0.4 is 0 Å². The van der Waals surface area contributed by atoms with Crippen molar-refractivity contribution < 1.29 is 0 Å². The molecule has 8 aromatic rings. The molecule has 6 aromatic carbocycles. The van der Waals surface area contributed by atoms with Crippen molar-refractivity contribution in [3.63, 3.8) is 0 Å². The van der Waals surface area contributed by atoms with Crippen LogP contribution in [0.1, 0.15) is 40.1 Å². The third-order valence-electron chi connectivity index (χ3n) is 11.2. The van der Waals surface area contributed by atoms with Crippen LogP contribution in [-0.4, -0.2) is 14.5 Å². The van der Waals surface area contributed by atoms with Crippen LogP contribution in [-0.2, 0) is 11.8 Å². The second-order valence-electron chi connectivity index (χ2n) is 13.6. The number of para-hydroxylation sites is 1. The van der Waals surface area contributed by atoms with Gasteiger partial charge >= 0.3 is 0 Å². The van der Waals surface area contributed by atoms with E-state index in [4.69, 9.17) is 9.97 Å². The number of fused-ring (bicyclic) bond motifs is 13. The first-order chi connectivity index (χ1) is 24.8. The van der Waals surface area contributed by atoms with E-state index in [1.165, 1.54) is 72.4 Å². The van der Waals surface area contributed by atoms with Crippen LogP contribution in [0.3, 0.4) is 0 Å². The molecule has 1 atom stereocenters. The Morgan fingerprint density at radius 1 is 0.560 bits per heavy atom. The maximum atomic E-state index is 5.45. The van der Waals surface area contributed by atoms with Gasteiger partial charge in [0.05, 0.1) is 16.6 Å². The van der Waals surface area contributed by atoms with Crippen molar-refractivity contribution in [2.24, 2.45) is 0 Å². The summed E-state index contributed by atoms with van der Waals surface area (Å²) in [5, 5.41) is 1.36. The third-order valence-corrected chi connectivity index (χ3v) is 11.2. The molecule has 2 aromatic heterocycles. The molecule has 0 bridgehead atoms. The predicted molar refractivity (Wildman–Crippen MR) is 203 cm³/mol. The zero-order chi connectivity index (χ0) is 32.8. The van der Waals surface area contributed by atoms with Crippen LogP contribution in [0.25, 0.3) is 67.4 Å². The molecule has 3 heteroatoms. The molecule has 3 nitrogen and oxygen atoms in total. The van der Waals surface area contributed by atoms with Gasteiger partial charge in [-0.3, -0.25) is 0 Å². The fraction of sp³-hybridized carbons (Fsp3) is 0.0638. The molecule has 2 heterocycles. The average molecular weight is 638 g/mol. The minimum Gasteiger partial charge on any atom is -0.310 e. The van der Waals surface area contributed by atoms with Crippen molar-refractivity contribution in [2.75, 3.05) is 0 Å². The monoisotopic (exact) mass is 637 g/mol. The summed E-state index contributed by atoms with van der Waals surface area (Å²) >= 11 is 0. The normalized spacial score (nSPS) is 16.2. The van der Waals surface area contributed by atoms with E-state index in [-0.39, 0.29) is 0 Å². The van der Waals surface area contributed by atoms with Crippen molar-refractivity contribution in [1.82, 2.24) is 14.5 Å². The number of benzene rings is 6. The maximum Gasteiger partial charge on any atom is 0.159 e. The average Bonchev–Trinajstić information content (AvgIpc) is 3.80. The van der Waals surface area contributed by atoms with Gasteiger partial charge in [-0.15, -0.1) is 0 Å². The zero-order valence-electron chi connectivity index (χ0n) is 27.3. The molecule has 0 aliphatic heterocycles. The molecule has 0 radical (unpaired) electrons. The molecule has 234 valence electrons. The Balaban J connectivity index is 1.11. The number of hydrogen-bond donors (Lipinski definition) is 0. The van der Waals surface area contributed by atoms with E-state index < -0.39 is 5.41 Å². The standard InChI is InChI=1S/C47H31N3/c1-2-12-31(13-3-1)46-48-29-39-35-15-5-9-19-41(35)47(45(39)49-46)40-18-8-4-14-34(40)36-27-24-32(28-42(36)47)30-22-25-33(26-23-30)50-43-20-10-6-16-37(43)38-17-7-11-21-44(38)50/h1-6,8-16,18-29H,7,17H2. The molecule has 0 saturated heterocycles. The Hall–Kier alpha value is -6.32. The summed E-state index contributed by atoms with van der Waals surface area (Å²) in [6.45, 7) is 0. The molecule has 1 unspecified atom stereocenters. The summed E-state index contributed by atoms with van der Waals surface area (Å²) in [6.07, 6.45) is 8.82. The zero-order valence-corrected chi connectivity index (χ0v) is 27.3. The third kappa shape index (κ3) is 3.64. The van der Waals surface area contributed by atoms with Gasteiger partial charge in [-0.1, -0.05) is 127 Å². The Bertz CT molecular complexity index is 2680. The van der Waals surface area contributed by atoms with Gasteiger partial charge in [0.1, 0.15) is 0 Å². The summed E-state index contributed by atoms with van der Waals surface area (Å²) in [6, 6.07) is 53.0. The van der Waals surface area contributed by atoms with Gasteiger partial charge in [-0.05, 0) is 93.3 Å². The highest BCUT2D eigenvalue weighted by Gasteiger charge is 2.53. The highest BCUT2D eigenvalue weighted by molar-refractivity contribution is 5.95. The van der Waals surface area contributed by atoms with Crippen molar-refractivity contribution in [3.05, 3.63) is 192 Å². The smallest absolute Gasteiger partial charge is 0.159 e. The Labute approximate surface area is 290 Å². The minimum atomic E-state index is -0.546. The highest BCUT2D eigenvalue weighted by atomic mass is 15.0. The molecule has 1 spiro atoms. The van der Waals surface area contributed by atoms with Crippen molar-refractivity contribution in [1.29, 1.82) is 0 Å². The molecule has 50 heavy (non-hydrogen) atoms. The Kier molecular flexibility index (Phi) is 5.71. The Morgan fingerprint density at radius 2 is 1.24 bits per heavy atom. The van der Waals surface area contributed by atoms with Crippen LogP contribution in [0.2, 0.25) is 0 Å². The number of aromatic nitrogens is 3. The van der Waals surface area contributed by atoms with E-state index in [0.29, 0.717) is 0 Å². The van der Waals surface area contributed by atoms with E-state index in [1.807, 2.05) is 12.3 Å². The lowest BCUT2D eigenvalue weighted by molar-refractivity contribution is 0.758. The second-order valence-corrected chi connectivity index (χ2v) is 13.6. The fourth-order valence-corrected chi connectivity index (χ4v) is 9.04. The first-order valence-electron chi connectivity index (χ1n) is 17.5. The number of aryl methyl sites for hydroxylation is 1. The molecule has 0 fully saturated rings. The van der Waals surface area contributed by atoms with Gasteiger partial charge in [0.2, 0.25) is 0 Å². The van der Waals surface area contributed by atoms with Crippen molar-refractivity contribution in [2.45, 2.75) is 18.3 Å². The number of hydrogen-bond acceptors (Lipinski definition) is 2. The summed E-state index contributed by atoms with van der Waals surface area (Å²) in [4.78, 5) is 10.4. The lowest BCUT2D eigenvalue weighted by atomic mass is 9.72. The summed E-state index contributed by atoms with van der Waals surface area (Å²) in [5.74, 6) is 0.753. The van der Waals surface area contributed by atoms with Gasteiger partial charge in [0, 0.05) is 34.1 Å². The Morgan fingerprint density at radius 3 is 2.06 bits per heavy atom. The van der Waals surface area contributed by atoms with Crippen LogP contribution >= 0.6 is 0 Å². The lowest BCUT2D eigenvalue weighted by Gasteiger charge is -2.29. The van der Waals surface area contributed by atoms with Gasteiger partial charge in [0.15, 0.2) is 5.82 Å². The quantitative estimate of drug-likeness (QED) is 0.193. The van der Waals surface area contributed by atoms with Crippen molar-refractivity contribution >= 4 is 17.0 Å². The topological polar surface area (TPSA) is 30.7 Å². The lowest BCUT2D eigenvalue weighted by Crippen LogP contribution is -2.27. The molecule has 0 amide bonds. The first kappa shape index (κ1) is 27.6. The van der Waals surface area contributed by atoms with Crippen LogP contribution in [0.15, 0.2) is 158 Å². The minimum absolute atomic E-state index is 0.546. The molecular weight excluding hydrogens is 607 g/mol. The highest BCUT2D eigenvalue weighted by Crippen LogP contribution is 2.62. The SMILES string of the molecule is C1=Cc2c(c3ccccc3n2-c2ccc(-c3ccc4c(c3)C3(c5ccccc5-4)c4ccccc4-c4cnc(-c5ccccc5)nc43)cc2)CC1. The van der Waals surface area contributed by atoms with E-state index in [0.717, 1.165) is 35.5 Å². The van der Waals surface area contributed by atoms with Crippen LogP contribution in [0.4, 0.5) is 0 Å². The van der Waals surface area contributed by atoms with Gasteiger partial charge in [-0.2, -0.15) is 0 Å². The predicted octanol–water partition coefficient (Wildman–Crippen LogP) is 11.1. The number of rotatable bonds is 3. The second kappa shape index (κ2) is 10.3. The van der Waals surface area contributed by atoms with Crippen LogP contribution in [0.5, 0.6) is 0 Å². The maximum absolute atomic E-state index is 5.45. The van der Waals surface area contributed by atoms with Gasteiger partial charge in [-0.25, -0.2) is 9.97 Å². The summed E-state index contributed by atoms with van der Waals surface area (Å²) < 4.78 is 2.43. The molecule has 0 N–H and O–H groups in total.